The van der Waals surface area contributed by atoms with E-state index in [0.717, 1.165) is 29.0 Å². The van der Waals surface area contributed by atoms with Crippen molar-refractivity contribution in [1.82, 2.24) is 20.6 Å². The van der Waals surface area contributed by atoms with Gasteiger partial charge in [0.25, 0.3) is 0 Å². The Morgan fingerprint density at radius 2 is 2.10 bits per heavy atom. The van der Waals surface area contributed by atoms with Gasteiger partial charge < -0.3 is 25.7 Å². The number of pyridine rings is 1. The maximum atomic E-state index is 12.2. The SMILES string of the molecule is Cc1cccc(CNCCNC(=O)Oc2sccc2Nc2ccnc3[nH]ccc23)c1. The molecule has 3 aromatic heterocycles. The fourth-order valence-corrected chi connectivity index (χ4v) is 3.81. The second-order valence-electron chi connectivity index (χ2n) is 6.83. The molecule has 7 nitrogen and oxygen atoms in total. The number of carbonyl (C=O) groups excluding carboxylic acids is 1. The molecule has 0 saturated heterocycles. The zero-order chi connectivity index (χ0) is 20.8. The Bertz CT molecular complexity index is 1140. The van der Waals surface area contributed by atoms with Gasteiger partial charge in [-0.05, 0) is 36.1 Å². The molecule has 0 spiro atoms. The second kappa shape index (κ2) is 9.43. The number of hydrogen-bond donors (Lipinski definition) is 4. The molecule has 0 radical (unpaired) electrons. The molecule has 30 heavy (non-hydrogen) atoms. The summed E-state index contributed by atoms with van der Waals surface area (Å²) in [4.78, 5) is 19.5. The van der Waals surface area contributed by atoms with Crippen LogP contribution in [0, 0.1) is 6.92 Å². The highest BCUT2D eigenvalue weighted by Crippen LogP contribution is 2.35. The van der Waals surface area contributed by atoms with Gasteiger partial charge in [0.05, 0.1) is 11.4 Å². The van der Waals surface area contributed by atoms with Crippen molar-refractivity contribution in [3.05, 3.63) is 71.4 Å². The third-order valence-electron chi connectivity index (χ3n) is 4.53. The van der Waals surface area contributed by atoms with Gasteiger partial charge in [-0.2, -0.15) is 0 Å². The number of nitrogens with zero attached hydrogens (tertiary/aromatic N) is 1. The highest BCUT2D eigenvalue weighted by atomic mass is 32.1. The molecule has 0 unspecified atom stereocenters. The van der Waals surface area contributed by atoms with Crippen LogP contribution in [-0.2, 0) is 6.54 Å². The van der Waals surface area contributed by atoms with Crippen LogP contribution >= 0.6 is 11.3 Å². The number of rotatable bonds is 8. The lowest BCUT2D eigenvalue weighted by molar-refractivity contribution is 0.202. The fourth-order valence-electron chi connectivity index (χ4n) is 3.11. The molecular formula is C22H23N5O2S. The highest BCUT2D eigenvalue weighted by Gasteiger charge is 2.12. The predicted octanol–water partition coefficient (Wildman–Crippen LogP) is 4.55. The molecule has 0 saturated carbocycles. The summed E-state index contributed by atoms with van der Waals surface area (Å²) in [5.74, 6) is 0. The van der Waals surface area contributed by atoms with Gasteiger partial charge in [-0.25, -0.2) is 9.78 Å². The van der Waals surface area contributed by atoms with E-state index < -0.39 is 6.09 Å². The van der Waals surface area contributed by atoms with Crippen molar-refractivity contribution < 1.29 is 9.53 Å². The molecule has 4 aromatic rings. The van der Waals surface area contributed by atoms with E-state index in [9.17, 15) is 4.79 Å². The summed E-state index contributed by atoms with van der Waals surface area (Å²) >= 11 is 1.36. The van der Waals surface area contributed by atoms with Crippen molar-refractivity contribution in [3.8, 4) is 5.06 Å². The lowest BCUT2D eigenvalue weighted by Crippen LogP contribution is -2.33. The fraction of sp³-hybridized carbons (Fsp3) is 0.182. The van der Waals surface area contributed by atoms with Gasteiger partial charge in [-0.1, -0.05) is 29.8 Å². The first-order valence-electron chi connectivity index (χ1n) is 9.67. The van der Waals surface area contributed by atoms with Gasteiger partial charge in [-0.15, -0.1) is 11.3 Å². The lowest BCUT2D eigenvalue weighted by Gasteiger charge is -2.10. The summed E-state index contributed by atoms with van der Waals surface area (Å²) in [6.07, 6.45) is 3.10. The molecule has 8 heteroatoms. The molecule has 0 bridgehead atoms. The van der Waals surface area contributed by atoms with E-state index in [4.69, 9.17) is 4.74 Å². The number of thiophene rings is 1. The van der Waals surface area contributed by atoms with Gasteiger partial charge in [0, 0.05) is 37.4 Å². The Balaban J connectivity index is 1.25. The predicted molar refractivity (Wildman–Crippen MR) is 121 cm³/mol. The van der Waals surface area contributed by atoms with Gasteiger partial charge in [0.15, 0.2) is 0 Å². The number of H-pyrrole nitrogens is 1. The highest BCUT2D eigenvalue weighted by molar-refractivity contribution is 7.12. The van der Waals surface area contributed by atoms with Gasteiger partial charge in [-0.3, -0.25) is 0 Å². The van der Waals surface area contributed by atoms with E-state index >= 15 is 0 Å². The molecule has 0 aliphatic rings. The largest absolute Gasteiger partial charge is 0.413 e. The van der Waals surface area contributed by atoms with Crippen molar-refractivity contribution >= 4 is 39.8 Å². The molecule has 0 atom stereocenters. The summed E-state index contributed by atoms with van der Waals surface area (Å²) in [5.41, 5.74) is 4.89. The normalized spacial score (nSPS) is 10.8. The minimum Gasteiger partial charge on any atom is -0.397 e. The first-order chi connectivity index (χ1) is 14.7. The number of amides is 1. The number of benzene rings is 1. The minimum atomic E-state index is -0.473. The van der Waals surface area contributed by atoms with E-state index in [0.29, 0.717) is 18.2 Å². The average molecular weight is 422 g/mol. The number of hydrogen-bond acceptors (Lipinski definition) is 6. The Labute approximate surface area is 178 Å². The molecule has 0 aliphatic heterocycles. The summed E-state index contributed by atoms with van der Waals surface area (Å²) in [6, 6.07) is 14.1. The maximum Gasteiger partial charge on any atom is 0.413 e. The van der Waals surface area contributed by atoms with Gasteiger partial charge in [0.1, 0.15) is 5.65 Å². The Kier molecular flexibility index (Phi) is 6.26. The van der Waals surface area contributed by atoms with E-state index in [1.165, 1.54) is 22.5 Å². The van der Waals surface area contributed by atoms with Crippen molar-refractivity contribution in [2.45, 2.75) is 13.5 Å². The molecule has 4 rings (SSSR count). The Morgan fingerprint density at radius 3 is 3.00 bits per heavy atom. The lowest BCUT2D eigenvalue weighted by atomic mass is 10.1. The third kappa shape index (κ3) is 4.97. The smallest absolute Gasteiger partial charge is 0.397 e. The van der Waals surface area contributed by atoms with Crippen LogP contribution in [0.15, 0.2) is 60.2 Å². The third-order valence-corrected chi connectivity index (χ3v) is 5.32. The first kappa shape index (κ1) is 19.9. The van der Waals surface area contributed by atoms with E-state index in [-0.39, 0.29) is 0 Å². The number of fused-ring (bicyclic) bond motifs is 1. The minimum absolute atomic E-state index is 0.473. The van der Waals surface area contributed by atoms with Crippen LogP contribution in [0.5, 0.6) is 5.06 Å². The number of aryl methyl sites for hydroxylation is 1. The van der Waals surface area contributed by atoms with Crippen LogP contribution in [0.3, 0.4) is 0 Å². The van der Waals surface area contributed by atoms with Crippen LogP contribution in [0.4, 0.5) is 16.2 Å². The summed E-state index contributed by atoms with van der Waals surface area (Å²) in [7, 11) is 0. The number of carbonyl (C=O) groups is 1. The first-order valence-corrected chi connectivity index (χ1v) is 10.6. The average Bonchev–Trinajstić information content (AvgIpc) is 3.38. The van der Waals surface area contributed by atoms with Crippen LogP contribution in [0.2, 0.25) is 0 Å². The van der Waals surface area contributed by atoms with E-state index in [1.54, 1.807) is 6.20 Å². The second-order valence-corrected chi connectivity index (χ2v) is 7.71. The van der Waals surface area contributed by atoms with E-state index in [1.807, 2.05) is 35.8 Å². The number of anilines is 2. The van der Waals surface area contributed by atoms with Crippen molar-refractivity contribution in [2.75, 3.05) is 18.4 Å². The van der Waals surface area contributed by atoms with Crippen LogP contribution < -0.4 is 20.7 Å². The molecule has 0 aliphatic carbocycles. The molecule has 0 fully saturated rings. The number of nitrogens with one attached hydrogen (secondary N) is 4. The van der Waals surface area contributed by atoms with Gasteiger partial charge >= 0.3 is 6.09 Å². The zero-order valence-corrected chi connectivity index (χ0v) is 17.4. The number of aromatic amines is 1. The summed E-state index contributed by atoms with van der Waals surface area (Å²) in [5, 5.41) is 12.8. The standard InChI is InChI=1S/C22H23N5O2S/c1-15-3-2-4-16(13-15)14-23-10-11-26-22(28)29-21-19(7-12-30-21)27-18-6-9-25-20-17(18)5-8-24-20/h2-9,12-13,23H,10-11,14H2,1H3,(H,26,28)(H2,24,25,27). The maximum absolute atomic E-state index is 12.2. The summed E-state index contributed by atoms with van der Waals surface area (Å²) < 4.78 is 5.49. The monoisotopic (exact) mass is 421 g/mol. The Hall–Kier alpha value is -3.36. The molecule has 4 N–H and O–H groups in total. The van der Waals surface area contributed by atoms with E-state index in [2.05, 4.69) is 51.0 Å². The van der Waals surface area contributed by atoms with Crippen LogP contribution in [0.1, 0.15) is 11.1 Å². The van der Waals surface area contributed by atoms with Crippen molar-refractivity contribution in [3.63, 3.8) is 0 Å². The molecule has 154 valence electrons. The van der Waals surface area contributed by atoms with Crippen LogP contribution in [0.25, 0.3) is 11.0 Å². The number of aromatic nitrogens is 2. The molecule has 1 amide bonds. The van der Waals surface area contributed by atoms with Crippen molar-refractivity contribution in [2.24, 2.45) is 0 Å². The Morgan fingerprint density at radius 1 is 1.17 bits per heavy atom. The molecule has 1 aromatic carbocycles. The van der Waals surface area contributed by atoms with Gasteiger partial charge in [0.2, 0.25) is 5.06 Å². The summed E-state index contributed by atoms with van der Waals surface area (Å²) in [6.45, 7) is 3.97. The molecule has 3 heterocycles. The topological polar surface area (TPSA) is 91.1 Å². The van der Waals surface area contributed by atoms with Crippen molar-refractivity contribution in [1.29, 1.82) is 0 Å². The van der Waals surface area contributed by atoms with Crippen LogP contribution in [-0.4, -0.2) is 29.2 Å². The number of ether oxygens (including phenoxy) is 1. The molecular weight excluding hydrogens is 398 g/mol. The quantitative estimate of drug-likeness (QED) is 0.313. The zero-order valence-electron chi connectivity index (χ0n) is 16.6.